The normalized spacial score (nSPS) is 22.9. The molecule has 8 bridgehead atoms. The minimum atomic E-state index is -0.326. The summed E-state index contributed by atoms with van der Waals surface area (Å²) in [6.07, 6.45) is 7.13. The summed E-state index contributed by atoms with van der Waals surface area (Å²) in [6.45, 7) is 9.88. The number of hydrogen-bond donors (Lipinski definition) is 3. The second-order valence-electron chi connectivity index (χ2n) is 11.7. The van der Waals surface area contributed by atoms with Gasteiger partial charge in [-0.3, -0.25) is 14.6 Å². The largest absolute Gasteiger partial charge is 0.511 e. The molecule has 6 rings (SSSR count). The number of H-pyrrole nitrogens is 1. The molecule has 5 aliphatic rings. The molecule has 1 aromatic rings. The summed E-state index contributed by atoms with van der Waals surface area (Å²) in [7, 11) is 1.37. The van der Waals surface area contributed by atoms with Crippen LogP contribution in [0.25, 0.3) is 12.2 Å². The van der Waals surface area contributed by atoms with Crippen LogP contribution in [0.4, 0.5) is 0 Å². The molecule has 1 aromatic heterocycles. The van der Waals surface area contributed by atoms with Gasteiger partial charge in [0.05, 0.1) is 54.2 Å². The molecule has 222 valence electrons. The molecule has 0 fully saturated rings. The van der Waals surface area contributed by atoms with Crippen LogP contribution >= 0.6 is 0 Å². The number of allylic oxidation sites excluding steroid dienone is 7. The minimum absolute atomic E-state index is 0.0627. The number of esters is 1. The summed E-state index contributed by atoms with van der Waals surface area (Å²) < 4.78 is 4.93. The number of ketones is 1. The lowest BCUT2D eigenvalue weighted by Crippen LogP contribution is -2.30. The number of carbonyl (C=O) groups is 2. The molecule has 0 radical (unpaired) electrons. The third-order valence-corrected chi connectivity index (χ3v) is 9.37. The van der Waals surface area contributed by atoms with Gasteiger partial charge in [-0.2, -0.15) is 0 Å². The molecular weight excluding hydrogens is 544 g/mol. The number of aliphatic imine (C=N–C) groups is 3. The second kappa shape index (κ2) is 10.7. The lowest BCUT2D eigenvalue weighted by atomic mass is 9.78. The van der Waals surface area contributed by atoms with Crippen molar-refractivity contribution in [1.29, 1.82) is 0 Å². The molecular formula is C34H36N4O5. The van der Waals surface area contributed by atoms with Crippen molar-refractivity contribution >= 4 is 41.0 Å². The third-order valence-electron chi connectivity index (χ3n) is 9.37. The standard InChI is InChI=1S/C34H36N4O5/c1-7-19-15(2)23-11-27-21(14-39)17(4)22(36-27)10-24-16(3)20(8-9-30(42)43-6)33(37-24)32-29(41)13-28(40)31-18(5)25(38-34(31)32)12-26(19)35-23/h10-12,16,20,35,39,41H,7-9,13-14H2,1-6H3. The molecule has 0 aromatic carbocycles. The van der Waals surface area contributed by atoms with Crippen molar-refractivity contribution in [2.45, 2.75) is 60.3 Å². The van der Waals surface area contributed by atoms with Crippen LogP contribution in [0.1, 0.15) is 69.5 Å². The van der Waals surface area contributed by atoms with Crippen LogP contribution in [0.15, 0.2) is 71.8 Å². The van der Waals surface area contributed by atoms with Crippen LogP contribution < -0.4 is 0 Å². The Bertz CT molecular complexity index is 1780. The molecule has 0 saturated heterocycles. The Labute approximate surface area is 250 Å². The van der Waals surface area contributed by atoms with Crippen molar-refractivity contribution in [3.05, 3.63) is 79.3 Å². The maximum atomic E-state index is 13.3. The molecule has 9 heteroatoms. The van der Waals surface area contributed by atoms with Crippen molar-refractivity contribution < 1.29 is 24.5 Å². The number of fused-ring (bicyclic) bond motifs is 6. The Hall–Kier alpha value is -4.37. The third kappa shape index (κ3) is 4.54. The van der Waals surface area contributed by atoms with Crippen LogP contribution in [-0.4, -0.2) is 57.8 Å². The van der Waals surface area contributed by atoms with Gasteiger partial charge in [0.25, 0.3) is 0 Å². The molecule has 2 unspecified atom stereocenters. The summed E-state index contributed by atoms with van der Waals surface area (Å²) in [5.74, 6) is -0.929. The SMILES string of the molecule is CCc1c2[nH]c(c1C)C=C1N=C(C=C3N=C(C4=C(O)CC(=O)C5=C(C)C(=C2)N=C45)C(CCC(=O)OC)C3C)C(C)=C1CO. The minimum Gasteiger partial charge on any atom is -0.511 e. The van der Waals surface area contributed by atoms with E-state index in [9.17, 15) is 19.8 Å². The number of rotatable bonds is 5. The number of nitrogens with one attached hydrogen (secondary N) is 1. The van der Waals surface area contributed by atoms with E-state index in [1.807, 2.05) is 39.0 Å². The zero-order valence-electron chi connectivity index (χ0n) is 25.4. The maximum Gasteiger partial charge on any atom is 0.305 e. The lowest BCUT2D eigenvalue weighted by Gasteiger charge is -2.23. The van der Waals surface area contributed by atoms with Crippen LogP contribution in [0, 0.1) is 18.8 Å². The molecule has 3 N–H and O–H groups in total. The molecule has 0 amide bonds. The molecule has 9 nitrogen and oxygen atoms in total. The van der Waals surface area contributed by atoms with Crippen LogP contribution in [-0.2, 0) is 20.7 Å². The number of hydrogen-bond acceptors (Lipinski definition) is 8. The zero-order valence-corrected chi connectivity index (χ0v) is 25.4. The summed E-state index contributed by atoms with van der Waals surface area (Å²) in [6, 6.07) is 0. The molecule has 43 heavy (non-hydrogen) atoms. The summed E-state index contributed by atoms with van der Waals surface area (Å²) >= 11 is 0. The van der Waals surface area contributed by atoms with Gasteiger partial charge in [-0.25, -0.2) is 9.98 Å². The molecule has 0 spiro atoms. The lowest BCUT2D eigenvalue weighted by molar-refractivity contribution is -0.140. The van der Waals surface area contributed by atoms with Crippen LogP contribution in [0.5, 0.6) is 0 Å². The molecule has 2 atom stereocenters. The van der Waals surface area contributed by atoms with E-state index in [2.05, 4.69) is 18.8 Å². The number of aromatic nitrogens is 1. The highest BCUT2D eigenvalue weighted by atomic mass is 16.5. The quantitative estimate of drug-likeness (QED) is 0.398. The highest BCUT2D eigenvalue weighted by Crippen LogP contribution is 2.43. The van der Waals surface area contributed by atoms with Gasteiger partial charge in [-0.15, -0.1) is 0 Å². The van der Waals surface area contributed by atoms with E-state index >= 15 is 0 Å². The predicted octanol–water partition coefficient (Wildman–Crippen LogP) is 5.44. The molecule has 5 heterocycles. The van der Waals surface area contributed by atoms with Gasteiger partial charge in [0.1, 0.15) is 5.76 Å². The molecule has 0 saturated carbocycles. The van der Waals surface area contributed by atoms with E-state index in [0.717, 1.165) is 51.4 Å². The summed E-state index contributed by atoms with van der Waals surface area (Å²) in [4.78, 5) is 44.0. The van der Waals surface area contributed by atoms with Crippen molar-refractivity contribution in [1.82, 2.24) is 4.98 Å². The number of aliphatic hydroxyl groups is 2. The smallest absolute Gasteiger partial charge is 0.305 e. The summed E-state index contributed by atoms with van der Waals surface area (Å²) in [5, 5.41) is 21.6. The number of ether oxygens (including phenoxy) is 1. The maximum absolute atomic E-state index is 13.3. The van der Waals surface area contributed by atoms with E-state index < -0.39 is 0 Å². The Balaban J connectivity index is 1.64. The van der Waals surface area contributed by atoms with Crippen molar-refractivity contribution in [3.63, 3.8) is 0 Å². The Morgan fingerprint density at radius 3 is 2.49 bits per heavy atom. The highest BCUT2D eigenvalue weighted by Gasteiger charge is 2.43. The number of aromatic amines is 1. The number of carbonyl (C=O) groups excluding carboxylic acids is 2. The van der Waals surface area contributed by atoms with E-state index in [-0.39, 0.29) is 48.8 Å². The van der Waals surface area contributed by atoms with Crippen molar-refractivity contribution in [3.8, 4) is 0 Å². The monoisotopic (exact) mass is 580 g/mol. The van der Waals surface area contributed by atoms with Gasteiger partial charge in [0.2, 0.25) is 0 Å². The average molecular weight is 581 g/mol. The Kier molecular flexibility index (Phi) is 7.16. The average Bonchev–Trinajstić information content (AvgIpc) is 3.65. The van der Waals surface area contributed by atoms with E-state index in [4.69, 9.17) is 19.7 Å². The predicted molar refractivity (Wildman–Crippen MR) is 167 cm³/mol. The van der Waals surface area contributed by atoms with E-state index in [0.29, 0.717) is 46.1 Å². The Morgan fingerprint density at radius 2 is 1.79 bits per heavy atom. The first-order valence-electron chi connectivity index (χ1n) is 14.8. The van der Waals surface area contributed by atoms with E-state index in [1.54, 1.807) is 0 Å². The first-order valence-corrected chi connectivity index (χ1v) is 14.8. The topological polar surface area (TPSA) is 137 Å². The molecule has 4 aliphatic heterocycles. The molecule has 1 aliphatic carbocycles. The number of aliphatic hydroxyl groups excluding tert-OH is 2. The first kappa shape index (κ1) is 28.7. The fourth-order valence-corrected chi connectivity index (χ4v) is 6.80. The van der Waals surface area contributed by atoms with Gasteiger partial charge in [0.15, 0.2) is 5.78 Å². The van der Waals surface area contributed by atoms with Gasteiger partial charge >= 0.3 is 5.97 Å². The summed E-state index contributed by atoms with van der Waals surface area (Å²) in [5.41, 5.74) is 11.1. The number of methoxy groups -OCH3 is 1. The number of nitrogens with zero attached hydrogens (tertiary/aromatic N) is 3. The zero-order chi connectivity index (χ0) is 30.7. The Morgan fingerprint density at radius 1 is 1.05 bits per heavy atom. The second-order valence-corrected chi connectivity index (χ2v) is 11.7. The van der Waals surface area contributed by atoms with E-state index in [1.165, 1.54) is 7.11 Å². The van der Waals surface area contributed by atoms with Gasteiger partial charge in [-0.05, 0) is 74.1 Å². The van der Waals surface area contributed by atoms with Crippen LogP contribution in [0.2, 0.25) is 0 Å². The number of Topliss-reactive ketones (excluding diaryl/α,β-unsaturated/α-hetero) is 1. The van der Waals surface area contributed by atoms with Gasteiger partial charge in [0, 0.05) is 46.5 Å². The first-order chi connectivity index (χ1) is 20.6. The van der Waals surface area contributed by atoms with Gasteiger partial charge in [-0.1, -0.05) is 13.8 Å². The van der Waals surface area contributed by atoms with Crippen molar-refractivity contribution in [2.24, 2.45) is 26.8 Å². The van der Waals surface area contributed by atoms with Gasteiger partial charge < -0.3 is 19.9 Å². The highest BCUT2D eigenvalue weighted by molar-refractivity contribution is 6.42. The van der Waals surface area contributed by atoms with Crippen molar-refractivity contribution in [2.75, 3.05) is 13.7 Å². The fourth-order valence-electron chi connectivity index (χ4n) is 6.80. The van der Waals surface area contributed by atoms with Crippen LogP contribution in [0.3, 0.4) is 0 Å². The fraction of sp³-hybridized carbons (Fsp3) is 0.382.